The molecule has 0 saturated heterocycles. The number of fused-ring (bicyclic) bond motifs is 1. The predicted octanol–water partition coefficient (Wildman–Crippen LogP) is 6.57. The molecule has 0 fully saturated rings. The van der Waals surface area contributed by atoms with Crippen LogP contribution in [0.2, 0.25) is 0 Å². The van der Waals surface area contributed by atoms with Gasteiger partial charge < -0.3 is 9.47 Å². The molecule has 3 heterocycles. The van der Waals surface area contributed by atoms with Crippen LogP contribution in [0.1, 0.15) is 45.6 Å². The van der Waals surface area contributed by atoms with Gasteiger partial charge in [-0.3, -0.25) is 4.79 Å². The van der Waals surface area contributed by atoms with E-state index in [1.54, 1.807) is 0 Å². The zero-order valence-electron chi connectivity index (χ0n) is 24.4. The minimum atomic E-state index is -0.214. The van der Waals surface area contributed by atoms with Crippen LogP contribution in [0, 0.1) is 0 Å². The van der Waals surface area contributed by atoms with E-state index in [0.29, 0.717) is 21.9 Å². The molecule has 0 N–H and O–H groups in total. The molecule has 0 bridgehead atoms. The van der Waals surface area contributed by atoms with Crippen LogP contribution in [0.25, 0.3) is 39.4 Å². The zero-order chi connectivity index (χ0) is 29.8. The fourth-order valence-electron chi connectivity index (χ4n) is 4.73. The average Bonchev–Trinajstić information content (AvgIpc) is 3.71. The van der Waals surface area contributed by atoms with Gasteiger partial charge >= 0.3 is 0 Å². The van der Waals surface area contributed by atoms with Crippen molar-refractivity contribution in [2.24, 2.45) is 0 Å². The summed E-state index contributed by atoms with van der Waals surface area (Å²) in [6, 6.07) is 25.4. The number of ether oxygens (including phenoxy) is 2. The first-order chi connectivity index (χ1) is 21.0. The molecule has 6 rings (SSSR count). The van der Waals surface area contributed by atoms with Crippen LogP contribution in [-0.4, -0.2) is 37.1 Å². The smallest absolute Gasteiger partial charge is 0.291 e. The summed E-state index contributed by atoms with van der Waals surface area (Å²) in [6.45, 7) is 6.88. The van der Waals surface area contributed by atoms with Gasteiger partial charge in [-0.2, -0.15) is 14.6 Å². The van der Waals surface area contributed by atoms with Gasteiger partial charge in [-0.15, -0.1) is 5.10 Å². The highest BCUT2D eigenvalue weighted by Gasteiger charge is 2.15. The summed E-state index contributed by atoms with van der Waals surface area (Å²) in [5.74, 6) is 2.12. The standard InChI is InChI=1S/C34H33N5O3S/c1-4-5-9-20-41-28-16-14-25(15-17-28)32-35-34-39(37-32)33(40)30(43-34)21-26-22-38(27-10-7-6-8-11-27)36-31(26)24-12-18-29(19-13-24)42-23(2)3/h6-8,10-19,21-23H,4-5,9,20H2,1-3H3/b30-21+. The van der Waals surface area contributed by atoms with Crippen molar-refractivity contribution in [3.05, 3.63) is 106 Å². The van der Waals surface area contributed by atoms with Crippen LogP contribution in [0.4, 0.5) is 0 Å². The van der Waals surface area contributed by atoms with Crippen molar-refractivity contribution < 1.29 is 9.47 Å². The second-order valence-corrected chi connectivity index (χ2v) is 11.5. The largest absolute Gasteiger partial charge is 0.494 e. The van der Waals surface area contributed by atoms with E-state index in [-0.39, 0.29) is 11.7 Å². The summed E-state index contributed by atoms with van der Waals surface area (Å²) in [4.78, 5) is 18.7. The number of rotatable bonds is 11. The number of nitrogens with zero attached hydrogens (tertiary/aromatic N) is 5. The first kappa shape index (κ1) is 28.4. The fraction of sp³-hybridized carbons (Fsp3) is 0.235. The third-order valence-electron chi connectivity index (χ3n) is 6.86. The van der Waals surface area contributed by atoms with Crippen molar-refractivity contribution in [3.63, 3.8) is 0 Å². The Morgan fingerprint density at radius 3 is 2.30 bits per heavy atom. The van der Waals surface area contributed by atoms with Gasteiger partial charge in [0.25, 0.3) is 5.56 Å². The van der Waals surface area contributed by atoms with Crippen LogP contribution in [0.15, 0.2) is 89.9 Å². The Labute approximate surface area is 253 Å². The highest BCUT2D eigenvalue weighted by atomic mass is 32.1. The lowest BCUT2D eigenvalue weighted by Gasteiger charge is -2.09. The minimum Gasteiger partial charge on any atom is -0.494 e. The van der Waals surface area contributed by atoms with Crippen molar-refractivity contribution >= 4 is 22.4 Å². The van der Waals surface area contributed by atoms with Gasteiger partial charge in [-0.1, -0.05) is 49.3 Å². The Morgan fingerprint density at radius 1 is 0.884 bits per heavy atom. The highest BCUT2D eigenvalue weighted by molar-refractivity contribution is 7.15. The molecule has 0 unspecified atom stereocenters. The molecule has 0 atom stereocenters. The number of hydrogen-bond donors (Lipinski definition) is 0. The van der Waals surface area contributed by atoms with Gasteiger partial charge in [0.15, 0.2) is 5.82 Å². The number of aromatic nitrogens is 5. The highest BCUT2D eigenvalue weighted by Crippen LogP contribution is 2.27. The molecule has 218 valence electrons. The normalized spacial score (nSPS) is 12.0. The molecule has 0 aliphatic rings. The second-order valence-electron chi connectivity index (χ2n) is 10.5. The Bertz CT molecular complexity index is 1920. The first-order valence-electron chi connectivity index (χ1n) is 14.5. The molecule has 0 amide bonds. The molecule has 43 heavy (non-hydrogen) atoms. The molecular weight excluding hydrogens is 558 g/mol. The molecule has 0 aliphatic carbocycles. The van der Waals surface area contributed by atoms with E-state index in [0.717, 1.165) is 58.8 Å². The van der Waals surface area contributed by atoms with Crippen molar-refractivity contribution in [1.29, 1.82) is 0 Å². The molecule has 3 aromatic heterocycles. The molecule has 3 aromatic carbocycles. The molecule has 0 spiro atoms. The van der Waals surface area contributed by atoms with Crippen molar-refractivity contribution in [2.75, 3.05) is 6.61 Å². The summed E-state index contributed by atoms with van der Waals surface area (Å²) in [5, 5.41) is 9.43. The minimum absolute atomic E-state index is 0.0862. The van der Waals surface area contributed by atoms with Crippen molar-refractivity contribution in [2.45, 2.75) is 46.1 Å². The monoisotopic (exact) mass is 591 g/mol. The van der Waals surface area contributed by atoms with E-state index < -0.39 is 0 Å². The third-order valence-corrected chi connectivity index (χ3v) is 7.82. The van der Waals surface area contributed by atoms with Crippen LogP contribution in [0.3, 0.4) is 0 Å². The molecule has 0 radical (unpaired) electrons. The maximum absolute atomic E-state index is 13.5. The van der Waals surface area contributed by atoms with E-state index in [1.165, 1.54) is 15.9 Å². The SMILES string of the molecule is CCCCCOc1ccc(-c2nc3s/c(=C/c4cn(-c5ccccc5)nc4-c4ccc(OC(C)C)cc4)c(=O)n3n2)cc1. The number of para-hydroxylation sites is 1. The molecule has 8 nitrogen and oxygen atoms in total. The molecule has 0 saturated carbocycles. The van der Waals surface area contributed by atoms with Crippen LogP contribution < -0.4 is 19.6 Å². The summed E-state index contributed by atoms with van der Waals surface area (Å²) >= 11 is 1.31. The number of benzene rings is 3. The number of thiazole rings is 1. The third kappa shape index (κ3) is 6.36. The summed E-state index contributed by atoms with van der Waals surface area (Å²) in [7, 11) is 0. The van der Waals surface area contributed by atoms with E-state index in [1.807, 2.05) is 110 Å². The molecule has 9 heteroatoms. The van der Waals surface area contributed by atoms with Gasteiger partial charge in [0.1, 0.15) is 17.2 Å². The summed E-state index contributed by atoms with van der Waals surface area (Å²) in [5.41, 5.74) is 4.04. The van der Waals surface area contributed by atoms with Crippen molar-refractivity contribution in [1.82, 2.24) is 24.4 Å². The topological polar surface area (TPSA) is 83.5 Å². The van der Waals surface area contributed by atoms with Gasteiger partial charge in [0.05, 0.1) is 22.9 Å². The quantitative estimate of drug-likeness (QED) is 0.158. The Kier molecular flexibility index (Phi) is 8.33. The van der Waals surface area contributed by atoms with Crippen molar-refractivity contribution in [3.8, 4) is 39.8 Å². The lowest BCUT2D eigenvalue weighted by atomic mass is 10.1. The van der Waals surface area contributed by atoms with E-state index in [4.69, 9.17) is 14.6 Å². The predicted molar refractivity (Wildman–Crippen MR) is 171 cm³/mol. The maximum atomic E-state index is 13.5. The van der Waals surface area contributed by atoms with Crippen LogP contribution in [-0.2, 0) is 0 Å². The van der Waals surface area contributed by atoms with Crippen LogP contribution >= 0.6 is 11.3 Å². The zero-order valence-corrected chi connectivity index (χ0v) is 25.3. The summed E-state index contributed by atoms with van der Waals surface area (Å²) in [6.07, 6.45) is 7.25. The maximum Gasteiger partial charge on any atom is 0.291 e. The lowest BCUT2D eigenvalue weighted by molar-refractivity contribution is 0.242. The Balaban J connectivity index is 1.32. The van der Waals surface area contributed by atoms with Gasteiger partial charge in [-0.05, 0) is 87.0 Å². The first-order valence-corrected chi connectivity index (χ1v) is 15.4. The van der Waals surface area contributed by atoms with E-state index in [9.17, 15) is 4.79 Å². The Morgan fingerprint density at radius 2 is 1.60 bits per heavy atom. The second kappa shape index (κ2) is 12.6. The lowest BCUT2D eigenvalue weighted by Crippen LogP contribution is -2.23. The molecule has 0 aliphatic heterocycles. The Hall–Kier alpha value is -4.76. The fourth-order valence-corrected chi connectivity index (χ4v) is 5.63. The van der Waals surface area contributed by atoms with Gasteiger partial charge in [0.2, 0.25) is 4.96 Å². The molecule has 6 aromatic rings. The van der Waals surface area contributed by atoms with Gasteiger partial charge in [-0.25, -0.2) is 4.68 Å². The van der Waals surface area contributed by atoms with E-state index in [2.05, 4.69) is 17.0 Å². The van der Waals surface area contributed by atoms with Gasteiger partial charge in [0, 0.05) is 22.9 Å². The molecular formula is C34H33N5O3S. The summed E-state index contributed by atoms with van der Waals surface area (Å²) < 4.78 is 15.4. The number of unbranched alkanes of at least 4 members (excludes halogenated alkanes) is 2. The van der Waals surface area contributed by atoms with E-state index >= 15 is 0 Å². The van der Waals surface area contributed by atoms with Crippen LogP contribution in [0.5, 0.6) is 11.5 Å². The number of hydrogen-bond acceptors (Lipinski definition) is 7. The average molecular weight is 592 g/mol.